The van der Waals surface area contributed by atoms with Gasteiger partial charge < -0.3 is 10.4 Å². The van der Waals surface area contributed by atoms with Crippen molar-refractivity contribution in [2.24, 2.45) is 0 Å². The summed E-state index contributed by atoms with van der Waals surface area (Å²) in [5, 5.41) is 24.8. The monoisotopic (exact) mass is 318 g/mol. The first-order valence-electron chi connectivity index (χ1n) is 6.98. The minimum absolute atomic E-state index is 0.00794. The normalized spacial score (nSPS) is 19.9. The van der Waals surface area contributed by atoms with E-state index in [2.05, 4.69) is 5.32 Å². The van der Waals surface area contributed by atoms with Crippen molar-refractivity contribution in [3.05, 3.63) is 74.3 Å². The topological polar surface area (TPSA) is 75.4 Å². The van der Waals surface area contributed by atoms with E-state index in [-0.39, 0.29) is 11.7 Å². The van der Waals surface area contributed by atoms with Gasteiger partial charge >= 0.3 is 0 Å². The maximum atomic E-state index is 10.8. The summed E-state index contributed by atoms with van der Waals surface area (Å²) < 4.78 is 0. The number of hydrogen-bond acceptors (Lipinski definition) is 4. The van der Waals surface area contributed by atoms with E-state index in [0.717, 1.165) is 11.1 Å². The number of aliphatic hydroxyl groups is 1. The van der Waals surface area contributed by atoms with Gasteiger partial charge in [-0.05, 0) is 22.8 Å². The summed E-state index contributed by atoms with van der Waals surface area (Å²) in [5.41, 5.74) is 2.84. The third-order valence-electron chi connectivity index (χ3n) is 3.96. The van der Waals surface area contributed by atoms with Crippen molar-refractivity contribution in [1.29, 1.82) is 0 Å². The van der Waals surface area contributed by atoms with E-state index in [0.29, 0.717) is 23.6 Å². The third kappa shape index (κ3) is 2.83. The van der Waals surface area contributed by atoms with Crippen LogP contribution in [0, 0.1) is 10.1 Å². The number of non-ortho nitro benzene ring substituents is 1. The van der Waals surface area contributed by atoms with Crippen molar-refractivity contribution in [2.45, 2.75) is 25.1 Å². The van der Waals surface area contributed by atoms with Crippen LogP contribution in [0.4, 0.5) is 5.69 Å². The van der Waals surface area contributed by atoms with E-state index >= 15 is 0 Å². The number of hydrogen-bond donors (Lipinski definition) is 2. The minimum Gasteiger partial charge on any atom is -0.391 e. The van der Waals surface area contributed by atoms with Gasteiger partial charge in [-0.25, -0.2) is 0 Å². The Bertz CT molecular complexity index is 720. The second-order valence-electron chi connectivity index (χ2n) is 5.36. The molecule has 0 aliphatic heterocycles. The number of nitrogens with one attached hydrogen (secondary N) is 1. The van der Waals surface area contributed by atoms with Crippen LogP contribution in [0.15, 0.2) is 42.5 Å². The zero-order valence-corrected chi connectivity index (χ0v) is 12.5. The van der Waals surface area contributed by atoms with Crippen LogP contribution in [0.1, 0.15) is 22.7 Å². The van der Waals surface area contributed by atoms with Gasteiger partial charge in [0, 0.05) is 30.1 Å². The zero-order chi connectivity index (χ0) is 15.7. The Labute approximate surface area is 132 Å². The molecule has 2 aromatic carbocycles. The van der Waals surface area contributed by atoms with E-state index in [4.69, 9.17) is 11.6 Å². The van der Waals surface area contributed by atoms with Gasteiger partial charge in [-0.15, -0.1) is 0 Å². The van der Waals surface area contributed by atoms with Crippen LogP contribution in [0.3, 0.4) is 0 Å². The molecule has 1 aliphatic carbocycles. The smallest absolute Gasteiger partial charge is 0.269 e. The molecule has 0 bridgehead atoms. The van der Waals surface area contributed by atoms with Gasteiger partial charge in [0.15, 0.2) is 0 Å². The molecule has 0 amide bonds. The van der Waals surface area contributed by atoms with Gasteiger partial charge in [0.1, 0.15) is 0 Å². The van der Waals surface area contributed by atoms with Crippen LogP contribution in [0.5, 0.6) is 0 Å². The second-order valence-corrected chi connectivity index (χ2v) is 5.77. The molecule has 1 aliphatic rings. The highest BCUT2D eigenvalue weighted by atomic mass is 35.5. The Morgan fingerprint density at radius 2 is 2.09 bits per heavy atom. The molecule has 2 aromatic rings. The lowest BCUT2D eigenvalue weighted by Crippen LogP contribution is -2.28. The summed E-state index contributed by atoms with van der Waals surface area (Å²) in [6, 6.07) is 12.0. The first-order valence-corrected chi connectivity index (χ1v) is 7.36. The summed E-state index contributed by atoms with van der Waals surface area (Å²) >= 11 is 6.10. The minimum atomic E-state index is -0.505. The van der Waals surface area contributed by atoms with Crippen molar-refractivity contribution >= 4 is 17.3 Å². The molecular weight excluding hydrogens is 304 g/mol. The number of nitro benzene ring substituents is 1. The Morgan fingerprint density at radius 1 is 1.32 bits per heavy atom. The van der Waals surface area contributed by atoms with Gasteiger partial charge in [-0.1, -0.05) is 35.9 Å². The summed E-state index contributed by atoms with van der Waals surface area (Å²) in [6.07, 6.45) is 0.103. The molecule has 2 atom stereocenters. The second kappa shape index (κ2) is 6.04. The molecule has 0 heterocycles. The van der Waals surface area contributed by atoms with E-state index in [1.54, 1.807) is 0 Å². The lowest BCUT2D eigenvalue weighted by Gasteiger charge is -2.18. The number of nitro groups is 1. The number of nitrogens with zero attached hydrogens (tertiary/aromatic N) is 1. The van der Waals surface area contributed by atoms with E-state index in [9.17, 15) is 15.2 Å². The molecule has 6 heteroatoms. The van der Waals surface area contributed by atoms with Crippen molar-refractivity contribution < 1.29 is 10.0 Å². The molecule has 0 unspecified atom stereocenters. The Kier molecular flexibility index (Phi) is 4.11. The summed E-state index contributed by atoms with van der Waals surface area (Å²) in [4.78, 5) is 10.4. The lowest BCUT2D eigenvalue weighted by atomic mass is 10.1. The molecular formula is C16H15ClN2O3. The van der Waals surface area contributed by atoms with E-state index in [1.807, 2.05) is 24.3 Å². The number of rotatable bonds is 4. The number of fused-ring (bicyclic) bond motifs is 1. The van der Waals surface area contributed by atoms with Crippen molar-refractivity contribution in [2.75, 3.05) is 0 Å². The van der Waals surface area contributed by atoms with E-state index in [1.165, 1.54) is 18.2 Å². The first kappa shape index (κ1) is 15.0. The van der Waals surface area contributed by atoms with Crippen LogP contribution < -0.4 is 5.32 Å². The summed E-state index contributed by atoms with van der Waals surface area (Å²) in [7, 11) is 0. The van der Waals surface area contributed by atoms with Gasteiger partial charge in [0.05, 0.1) is 17.1 Å². The highest BCUT2D eigenvalue weighted by Gasteiger charge is 2.30. The van der Waals surface area contributed by atoms with Crippen molar-refractivity contribution in [1.82, 2.24) is 5.32 Å². The Morgan fingerprint density at radius 3 is 2.86 bits per heavy atom. The Hall–Kier alpha value is -1.95. The quantitative estimate of drug-likeness (QED) is 0.671. The number of benzene rings is 2. The maximum absolute atomic E-state index is 10.8. The van der Waals surface area contributed by atoms with Gasteiger partial charge in [-0.3, -0.25) is 10.1 Å². The Balaban J connectivity index is 1.78. The van der Waals surface area contributed by atoms with Crippen LogP contribution in [0.2, 0.25) is 5.02 Å². The molecule has 2 N–H and O–H groups in total. The fourth-order valence-electron chi connectivity index (χ4n) is 2.85. The highest BCUT2D eigenvalue weighted by molar-refractivity contribution is 6.31. The van der Waals surface area contributed by atoms with Crippen LogP contribution in [-0.4, -0.2) is 16.1 Å². The summed E-state index contributed by atoms with van der Waals surface area (Å²) in [5.74, 6) is 0. The number of halogens is 1. The zero-order valence-electron chi connectivity index (χ0n) is 11.7. The molecule has 0 saturated heterocycles. The highest BCUT2D eigenvalue weighted by Crippen LogP contribution is 2.32. The van der Waals surface area contributed by atoms with Crippen molar-refractivity contribution in [3.8, 4) is 0 Å². The average molecular weight is 319 g/mol. The predicted octanol–water partition coefficient (Wildman–Crippen LogP) is 3.00. The summed E-state index contributed by atoms with van der Waals surface area (Å²) in [6.45, 7) is 0.358. The first-order chi connectivity index (χ1) is 10.6. The largest absolute Gasteiger partial charge is 0.391 e. The van der Waals surface area contributed by atoms with Crippen LogP contribution >= 0.6 is 11.6 Å². The lowest BCUT2D eigenvalue weighted by molar-refractivity contribution is -0.384. The maximum Gasteiger partial charge on any atom is 0.269 e. The molecule has 0 radical (unpaired) electrons. The fraction of sp³-hybridized carbons (Fsp3) is 0.250. The molecule has 0 aromatic heterocycles. The van der Waals surface area contributed by atoms with Crippen LogP contribution in [-0.2, 0) is 13.0 Å². The third-order valence-corrected chi connectivity index (χ3v) is 4.33. The van der Waals surface area contributed by atoms with E-state index < -0.39 is 11.0 Å². The average Bonchev–Trinajstić information content (AvgIpc) is 2.81. The SMILES string of the molecule is O=[N+]([O-])c1ccc(Cl)c(CN[C@@H]2c3ccccc3C[C@@H]2O)c1. The van der Waals surface area contributed by atoms with Crippen molar-refractivity contribution in [3.63, 3.8) is 0 Å². The molecule has 22 heavy (non-hydrogen) atoms. The number of aliphatic hydroxyl groups excluding tert-OH is 1. The molecule has 5 nitrogen and oxygen atoms in total. The van der Waals surface area contributed by atoms with Gasteiger partial charge in [0.25, 0.3) is 5.69 Å². The molecule has 0 spiro atoms. The fourth-order valence-corrected chi connectivity index (χ4v) is 3.03. The van der Waals surface area contributed by atoms with Gasteiger partial charge in [-0.2, -0.15) is 0 Å². The molecule has 0 saturated carbocycles. The van der Waals surface area contributed by atoms with Gasteiger partial charge in [0.2, 0.25) is 0 Å². The standard InChI is InChI=1S/C16H15ClN2O3/c17-14-6-5-12(19(21)22)7-11(14)9-18-16-13-4-2-1-3-10(13)8-15(16)20/h1-7,15-16,18,20H,8-9H2/t15-,16+/m0/s1. The van der Waals surface area contributed by atoms with Crippen LogP contribution in [0.25, 0.3) is 0 Å². The molecule has 0 fully saturated rings. The predicted molar refractivity (Wildman–Crippen MR) is 83.8 cm³/mol. The molecule has 114 valence electrons. The molecule has 3 rings (SSSR count).